The quantitative estimate of drug-likeness (QED) is 0.796. The number of carbonyl (C=O) groups is 1. The maximum absolute atomic E-state index is 12.4. The molecule has 0 bridgehead atoms. The van der Waals surface area contributed by atoms with Crippen molar-refractivity contribution in [3.05, 3.63) is 34.9 Å². The van der Waals surface area contributed by atoms with Gasteiger partial charge in [-0.3, -0.25) is 4.79 Å². The Morgan fingerprint density at radius 2 is 2.10 bits per heavy atom. The van der Waals surface area contributed by atoms with E-state index in [4.69, 9.17) is 16.3 Å². The maximum Gasteiger partial charge on any atom is 0.249 e. The molecule has 2 rings (SSSR count). The van der Waals surface area contributed by atoms with Crippen LogP contribution >= 0.6 is 23.4 Å². The fraction of sp³-hybridized carbons (Fsp3) is 0.562. The number of halogens is 1. The highest BCUT2D eigenvalue weighted by molar-refractivity contribution is 7.99. The molecule has 1 fully saturated rings. The van der Waals surface area contributed by atoms with Gasteiger partial charge in [0.15, 0.2) is 0 Å². The minimum atomic E-state index is -0.00840. The van der Waals surface area contributed by atoms with Crippen molar-refractivity contribution in [1.29, 1.82) is 0 Å². The number of hydrogen-bond donors (Lipinski definition) is 0. The summed E-state index contributed by atoms with van der Waals surface area (Å²) in [7, 11) is 0. The first-order chi connectivity index (χ1) is 10.2. The SMILES string of the molecule is CCSCC(CC)N1C(=O)COCC1c1ccc(Cl)cc1. The molecule has 0 N–H and O–H groups in total. The van der Waals surface area contributed by atoms with Crippen LogP contribution in [0.1, 0.15) is 31.9 Å². The fourth-order valence-electron chi connectivity index (χ4n) is 2.64. The van der Waals surface area contributed by atoms with E-state index in [1.807, 2.05) is 40.9 Å². The Balaban J connectivity index is 2.23. The first-order valence-electron chi connectivity index (χ1n) is 7.39. The summed E-state index contributed by atoms with van der Waals surface area (Å²) in [4.78, 5) is 14.4. The standard InChI is InChI=1S/C16H22ClNO2S/c1-3-14(11-21-4-2)18-15(9-20-10-16(18)19)12-5-7-13(17)8-6-12/h5-8,14-15H,3-4,9-11H2,1-2H3. The second-order valence-corrected chi connectivity index (χ2v) is 6.86. The fourth-order valence-corrected chi connectivity index (χ4v) is 3.67. The van der Waals surface area contributed by atoms with Crippen LogP contribution in [0.4, 0.5) is 0 Å². The molecule has 1 aromatic carbocycles. The molecule has 116 valence electrons. The Hall–Kier alpha value is -0.710. The average molecular weight is 328 g/mol. The zero-order valence-corrected chi connectivity index (χ0v) is 14.1. The van der Waals surface area contributed by atoms with Gasteiger partial charge in [0.25, 0.3) is 0 Å². The van der Waals surface area contributed by atoms with Gasteiger partial charge in [-0.1, -0.05) is 37.6 Å². The van der Waals surface area contributed by atoms with Crippen molar-refractivity contribution < 1.29 is 9.53 Å². The van der Waals surface area contributed by atoms with E-state index in [2.05, 4.69) is 13.8 Å². The predicted molar refractivity (Wildman–Crippen MR) is 88.9 cm³/mol. The van der Waals surface area contributed by atoms with Crippen LogP contribution in [0.5, 0.6) is 0 Å². The van der Waals surface area contributed by atoms with Crippen molar-refractivity contribution >= 4 is 29.3 Å². The van der Waals surface area contributed by atoms with E-state index >= 15 is 0 Å². The van der Waals surface area contributed by atoms with Gasteiger partial charge in [-0.15, -0.1) is 0 Å². The molecule has 0 spiro atoms. The van der Waals surface area contributed by atoms with Gasteiger partial charge in [0.05, 0.1) is 12.6 Å². The Labute approximate surface area is 136 Å². The summed E-state index contributed by atoms with van der Waals surface area (Å²) in [6, 6.07) is 7.97. The summed E-state index contributed by atoms with van der Waals surface area (Å²) in [5.74, 6) is 2.13. The lowest BCUT2D eigenvalue weighted by Gasteiger charge is -2.41. The number of thioether (sulfide) groups is 1. The minimum Gasteiger partial charge on any atom is -0.369 e. The lowest BCUT2D eigenvalue weighted by molar-refractivity contribution is -0.151. The highest BCUT2D eigenvalue weighted by atomic mass is 35.5. The number of hydrogen-bond acceptors (Lipinski definition) is 3. The molecule has 2 atom stereocenters. The van der Waals surface area contributed by atoms with E-state index in [0.29, 0.717) is 11.6 Å². The molecular weight excluding hydrogens is 306 g/mol. The van der Waals surface area contributed by atoms with Crippen LogP contribution < -0.4 is 0 Å². The Morgan fingerprint density at radius 1 is 1.38 bits per heavy atom. The predicted octanol–water partition coefficient (Wildman–Crippen LogP) is 3.77. The summed E-state index contributed by atoms with van der Waals surface area (Å²) in [6.07, 6.45) is 0.961. The summed E-state index contributed by atoms with van der Waals surface area (Å²) < 4.78 is 5.48. The first kappa shape index (κ1) is 16.7. The topological polar surface area (TPSA) is 29.5 Å². The normalized spacial score (nSPS) is 20.6. The van der Waals surface area contributed by atoms with E-state index in [1.165, 1.54) is 0 Å². The zero-order chi connectivity index (χ0) is 15.2. The number of rotatable bonds is 6. The first-order valence-corrected chi connectivity index (χ1v) is 8.92. The van der Waals surface area contributed by atoms with Crippen LogP contribution in [0.25, 0.3) is 0 Å². The highest BCUT2D eigenvalue weighted by Gasteiger charge is 2.34. The lowest BCUT2D eigenvalue weighted by Crippen LogP contribution is -2.50. The van der Waals surface area contributed by atoms with Gasteiger partial charge in [-0.25, -0.2) is 0 Å². The number of morpholine rings is 1. The Morgan fingerprint density at radius 3 is 2.71 bits per heavy atom. The summed E-state index contributed by atoms with van der Waals surface area (Å²) in [5.41, 5.74) is 1.09. The van der Waals surface area contributed by atoms with Gasteiger partial charge in [-0.2, -0.15) is 11.8 Å². The molecule has 0 radical (unpaired) electrons. The molecule has 1 saturated heterocycles. The van der Waals surface area contributed by atoms with E-state index in [1.54, 1.807) is 0 Å². The van der Waals surface area contributed by atoms with Crippen molar-refractivity contribution in [2.24, 2.45) is 0 Å². The van der Waals surface area contributed by atoms with Crippen molar-refractivity contribution in [2.75, 3.05) is 24.7 Å². The second kappa shape index (κ2) is 8.06. The minimum absolute atomic E-state index is 0.00840. The van der Waals surface area contributed by atoms with Crippen molar-refractivity contribution in [3.63, 3.8) is 0 Å². The molecular formula is C16H22ClNO2S. The van der Waals surface area contributed by atoms with E-state index in [0.717, 1.165) is 23.5 Å². The van der Waals surface area contributed by atoms with E-state index < -0.39 is 0 Å². The van der Waals surface area contributed by atoms with Crippen LogP contribution in [0, 0.1) is 0 Å². The molecule has 0 aromatic heterocycles. The van der Waals surface area contributed by atoms with Crippen LogP contribution in [0.15, 0.2) is 24.3 Å². The molecule has 1 aliphatic rings. The molecule has 5 heteroatoms. The number of benzene rings is 1. The Kier molecular flexibility index (Phi) is 6.40. The number of ether oxygens (including phenoxy) is 1. The third-order valence-electron chi connectivity index (χ3n) is 3.76. The van der Waals surface area contributed by atoms with E-state index in [9.17, 15) is 4.79 Å². The molecule has 1 amide bonds. The van der Waals surface area contributed by atoms with Crippen LogP contribution in [-0.4, -0.2) is 41.6 Å². The number of nitrogens with zero attached hydrogens (tertiary/aromatic N) is 1. The molecule has 0 aliphatic carbocycles. The smallest absolute Gasteiger partial charge is 0.249 e. The van der Waals surface area contributed by atoms with E-state index in [-0.39, 0.29) is 24.6 Å². The number of amides is 1. The molecule has 2 unspecified atom stereocenters. The maximum atomic E-state index is 12.4. The molecule has 3 nitrogen and oxygen atoms in total. The Bertz CT molecular complexity index is 466. The van der Waals surface area contributed by atoms with Crippen LogP contribution in [0.3, 0.4) is 0 Å². The molecule has 1 heterocycles. The van der Waals surface area contributed by atoms with Gasteiger partial charge in [0, 0.05) is 16.8 Å². The number of carbonyl (C=O) groups excluding carboxylic acids is 1. The lowest BCUT2D eigenvalue weighted by atomic mass is 10.0. The van der Waals surface area contributed by atoms with Crippen LogP contribution in [0.2, 0.25) is 5.02 Å². The largest absolute Gasteiger partial charge is 0.369 e. The van der Waals surface area contributed by atoms with Gasteiger partial charge in [-0.05, 0) is 29.9 Å². The van der Waals surface area contributed by atoms with Crippen molar-refractivity contribution in [2.45, 2.75) is 32.4 Å². The van der Waals surface area contributed by atoms with Gasteiger partial charge < -0.3 is 9.64 Å². The highest BCUT2D eigenvalue weighted by Crippen LogP contribution is 2.30. The molecule has 1 aliphatic heterocycles. The van der Waals surface area contributed by atoms with Crippen LogP contribution in [-0.2, 0) is 9.53 Å². The molecule has 0 saturated carbocycles. The molecule has 21 heavy (non-hydrogen) atoms. The summed E-state index contributed by atoms with van der Waals surface area (Å²) in [5, 5.41) is 0.710. The van der Waals surface area contributed by atoms with Gasteiger partial charge in [0.1, 0.15) is 6.61 Å². The van der Waals surface area contributed by atoms with Crippen molar-refractivity contribution in [3.8, 4) is 0 Å². The zero-order valence-electron chi connectivity index (χ0n) is 12.5. The van der Waals surface area contributed by atoms with Gasteiger partial charge in [0.2, 0.25) is 5.91 Å². The monoisotopic (exact) mass is 327 g/mol. The average Bonchev–Trinajstić information content (AvgIpc) is 2.50. The summed E-state index contributed by atoms with van der Waals surface area (Å²) >= 11 is 7.84. The summed E-state index contributed by atoms with van der Waals surface area (Å²) in [6.45, 7) is 5.04. The third kappa shape index (κ3) is 4.15. The van der Waals surface area contributed by atoms with Gasteiger partial charge >= 0.3 is 0 Å². The second-order valence-electron chi connectivity index (χ2n) is 5.11. The third-order valence-corrected chi connectivity index (χ3v) is 5.04. The molecule has 1 aromatic rings. The van der Waals surface area contributed by atoms with Crippen molar-refractivity contribution in [1.82, 2.24) is 4.90 Å².